The largest absolute Gasteiger partial charge is 0.507 e. The van der Waals surface area contributed by atoms with Crippen LogP contribution in [-0.2, 0) is 6.61 Å². The van der Waals surface area contributed by atoms with Gasteiger partial charge < -0.3 is 24.8 Å². The first kappa shape index (κ1) is 21.4. The molecule has 158 valence electrons. The number of phenols is 1. The summed E-state index contributed by atoms with van der Waals surface area (Å²) in [6.07, 6.45) is 1.53. The molecule has 0 aromatic heterocycles. The molecule has 3 N–H and O–H groups in total. The van der Waals surface area contributed by atoms with Crippen LogP contribution in [0.3, 0.4) is 0 Å². The van der Waals surface area contributed by atoms with Crippen LogP contribution in [0.4, 0.5) is 5.69 Å². The Morgan fingerprint density at radius 1 is 0.968 bits per heavy atom. The summed E-state index contributed by atoms with van der Waals surface area (Å²) in [5.74, 6) is -1.66. The van der Waals surface area contributed by atoms with Crippen molar-refractivity contribution < 1.29 is 34.4 Å². The second-order valence-electron chi connectivity index (χ2n) is 6.47. The Labute approximate surface area is 177 Å². The van der Waals surface area contributed by atoms with Gasteiger partial charge >= 0.3 is 11.9 Å². The zero-order valence-electron chi connectivity index (χ0n) is 16.5. The van der Waals surface area contributed by atoms with Gasteiger partial charge in [-0.15, -0.1) is 0 Å². The summed E-state index contributed by atoms with van der Waals surface area (Å²) in [6, 6.07) is 15.6. The average Bonchev–Trinajstić information content (AvgIpc) is 2.77. The highest BCUT2D eigenvalue weighted by Gasteiger charge is 2.10. The number of rotatable bonds is 8. The van der Waals surface area contributed by atoms with E-state index in [0.29, 0.717) is 28.3 Å². The number of hydrogen-bond acceptors (Lipinski definition) is 6. The van der Waals surface area contributed by atoms with Crippen molar-refractivity contribution in [1.82, 2.24) is 0 Å². The van der Waals surface area contributed by atoms with Crippen LogP contribution in [0.5, 0.6) is 17.2 Å². The maximum absolute atomic E-state index is 11.1. The molecule has 0 saturated heterocycles. The van der Waals surface area contributed by atoms with Gasteiger partial charge in [0.05, 0.1) is 18.4 Å². The van der Waals surface area contributed by atoms with E-state index >= 15 is 0 Å². The number of aromatic hydroxyl groups is 1. The molecule has 0 amide bonds. The summed E-state index contributed by atoms with van der Waals surface area (Å²) in [7, 11) is 1.49. The molecule has 3 rings (SSSR count). The van der Waals surface area contributed by atoms with Crippen molar-refractivity contribution in [3.63, 3.8) is 0 Å². The van der Waals surface area contributed by atoms with Gasteiger partial charge in [0.25, 0.3) is 0 Å². The predicted octanol–water partition coefficient (Wildman–Crippen LogP) is 4.13. The zero-order valence-corrected chi connectivity index (χ0v) is 16.5. The second kappa shape index (κ2) is 9.45. The number of aliphatic imine (C=N–C) groups is 1. The van der Waals surface area contributed by atoms with Gasteiger partial charge in [-0.25, -0.2) is 9.59 Å². The molecule has 0 spiro atoms. The monoisotopic (exact) mass is 421 g/mol. The van der Waals surface area contributed by atoms with Crippen LogP contribution >= 0.6 is 0 Å². The Morgan fingerprint density at radius 2 is 1.77 bits per heavy atom. The lowest BCUT2D eigenvalue weighted by molar-refractivity contribution is 0.0684. The smallest absolute Gasteiger partial charge is 0.339 e. The van der Waals surface area contributed by atoms with Crippen molar-refractivity contribution in [1.29, 1.82) is 0 Å². The summed E-state index contributed by atoms with van der Waals surface area (Å²) < 4.78 is 11.1. The first-order valence-electron chi connectivity index (χ1n) is 9.11. The van der Waals surface area contributed by atoms with Gasteiger partial charge in [-0.3, -0.25) is 4.99 Å². The average molecular weight is 421 g/mol. The van der Waals surface area contributed by atoms with Crippen molar-refractivity contribution in [2.45, 2.75) is 6.61 Å². The van der Waals surface area contributed by atoms with E-state index in [-0.39, 0.29) is 23.5 Å². The van der Waals surface area contributed by atoms with Crippen molar-refractivity contribution in [2.75, 3.05) is 7.11 Å². The molecule has 0 atom stereocenters. The fourth-order valence-electron chi connectivity index (χ4n) is 2.76. The van der Waals surface area contributed by atoms with E-state index in [1.165, 1.54) is 37.6 Å². The number of carboxylic acids is 2. The Hall–Kier alpha value is -4.33. The summed E-state index contributed by atoms with van der Waals surface area (Å²) in [5, 5.41) is 27.7. The van der Waals surface area contributed by atoms with E-state index in [9.17, 15) is 14.7 Å². The molecule has 0 aliphatic rings. The minimum atomic E-state index is -1.24. The summed E-state index contributed by atoms with van der Waals surface area (Å²) >= 11 is 0. The third kappa shape index (κ3) is 5.39. The first-order valence-corrected chi connectivity index (χ1v) is 9.11. The molecule has 0 aliphatic carbocycles. The molecule has 3 aromatic carbocycles. The van der Waals surface area contributed by atoms with Crippen LogP contribution in [-0.4, -0.2) is 40.6 Å². The molecule has 0 radical (unpaired) electrons. The molecule has 0 aliphatic heterocycles. The number of carboxylic acid groups (broad SMARTS) is 2. The molecular formula is C23H19NO7. The number of nitrogens with zero attached hydrogens (tertiary/aromatic N) is 1. The molecule has 0 heterocycles. The molecule has 8 heteroatoms. The third-order valence-electron chi connectivity index (χ3n) is 4.33. The first-order chi connectivity index (χ1) is 14.9. The van der Waals surface area contributed by atoms with Crippen molar-refractivity contribution >= 4 is 23.8 Å². The van der Waals surface area contributed by atoms with Gasteiger partial charge in [0.1, 0.15) is 17.9 Å². The summed E-state index contributed by atoms with van der Waals surface area (Å²) in [4.78, 5) is 26.4. The maximum Gasteiger partial charge on any atom is 0.339 e. The van der Waals surface area contributed by atoms with Crippen LogP contribution in [0, 0.1) is 0 Å². The van der Waals surface area contributed by atoms with Crippen molar-refractivity contribution in [3.8, 4) is 17.2 Å². The third-order valence-corrected chi connectivity index (χ3v) is 4.33. The number of ether oxygens (including phenoxy) is 2. The topological polar surface area (TPSA) is 126 Å². The second-order valence-corrected chi connectivity index (χ2v) is 6.47. The summed E-state index contributed by atoms with van der Waals surface area (Å²) in [6.45, 7) is 0.163. The lowest BCUT2D eigenvalue weighted by Crippen LogP contribution is -2.01. The molecule has 0 unspecified atom stereocenters. The Morgan fingerprint density at radius 3 is 2.48 bits per heavy atom. The normalized spacial score (nSPS) is 10.7. The Balaban J connectivity index is 1.75. The Kier molecular flexibility index (Phi) is 6.51. The highest BCUT2D eigenvalue weighted by Crippen LogP contribution is 2.29. The van der Waals surface area contributed by atoms with E-state index in [1.807, 2.05) is 0 Å². The van der Waals surface area contributed by atoms with Crippen molar-refractivity contribution in [2.24, 2.45) is 4.99 Å². The van der Waals surface area contributed by atoms with Gasteiger partial charge in [-0.05, 0) is 59.7 Å². The van der Waals surface area contributed by atoms with Gasteiger partial charge in [0, 0.05) is 6.21 Å². The molecule has 3 aromatic rings. The molecule has 31 heavy (non-hydrogen) atoms. The predicted molar refractivity (Wildman–Crippen MR) is 113 cm³/mol. The van der Waals surface area contributed by atoms with Crippen LogP contribution in [0.2, 0.25) is 0 Å². The maximum atomic E-state index is 11.1. The number of hydrogen-bond donors (Lipinski definition) is 3. The van der Waals surface area contributed by atoms with Gasteiger partial charge in [-0.1, -0.05) is 12.1 Å². The van der Waals surface area contributed by atoms with Crippen LogP contribution in [0.25, 0.3) is 0 Å². The minimum absolute atomic E-state index is 0.163. The van der Waals surface area contributed by atoms with Crippen LogP contribution in [0.1, 0.15) is 31.8 Å². The molecule has 0 bridgehead atoms. The van der Waals surface area contributed by atoms with E-state index in [0.717, 1.165) is 0 Å². The number of aromatic carboxylic acids is 2. The number of methoxy groups -OCH3 is 1. The molecule has 0 fully saturated rings. The fourth-order valence-corrected chi connectivity index (χ4v) is 2.76. The molecular weight excluding hydrogens is 402 g/mol. The van der Waals surface area contributed by atoms with Crippen LogP contribution in [0.15, 0.2) is 65.7 Å². The highest BCUT2D eigenvalue weighted by molar-refractivity contribution is 5.92. The van der Waals surface area contributed by atoms with Crippen LogP contribution < -0.4 is 9.47 Å². The zero-order chi connectivity index (χ0) is 22.4. The standard InChI is InChI=1S/C23H19NO7/c1-30-21-10-14(12-24-17-6-7-19(25)18(11-17)23(28)29)5-8-20(21)31-13-15-3-2-4-16(9-15)22(26)27/h2-12,25H,13H2,1H3,(H,26,27)(H,28,29). The lowest BCUT2D eigenvalue weighted by atomic mass is 10.1. The minimum Gasteiger partial charge on any atom is -0.507 e. The fraction of sp³-hybridized carbons (Fsp3) is 0.0870. The van der Waals surface area contributed by atoms with Gasteiger partial charge in [0.2, 0.25) is 0 Å². The van der Waals surface area contributed by atoms with Crippen molar-refractivity contribution in [3.05, 3.63) is 82.9 Å². The summed E-state index contributed by atoms with van der Waals surface area (Å²) in [5.41, 5.74) is 1.70. The van der Waals surface area contributed by atoms with E-state index in [4.69, 9.17) is 19.7 Å². The van der Waals surface area contributed by atoms with E-state index < -0.39 is 11.9 Å². The molecule has 0 saturated carbocycles. The lowest BCUT2D eigenvalue weighted by Gasteiger charge is -2.11. The van der Waals surface area contributed by atoms with E-state index in [2.05, 4.69) is 4.99 Å². The van der Waals surface area contributed by atoms with E-state index in [1.54, 1.807) is 36.4 Å². The SMILES string of the molecule is COc1cc(C=Nc2ccc(O)c(C(=O)O)c2)ccc1OCc1cccc(C(=O)O)c1. The van der Waals surface area contributed by atoms with Gasteiger partial charge in [-0.2, -0.15) is 0 Å². The Bertz CT molecular complexity index is 1150. The van der Waals surface area contributed by atoms with Gasteiger partial charge in [0.15, 0.2) is 11.5 Å². The highest BCUT2D eigenvalue weighted by atomic mass is 16.5. The quantitative estimate of drug-likeness (QED) is 0.467. The number of benzene rings is 3. The number of carbonyl (C=O) groups is 2. The molecule has 8 nitrogen and oxygen atoms in total.